The average Bonchev–Trinajstić information content (AvgIpc) is 2.38. The van der Waals surface area contributed by atoms with Crippen LogP contribution in [-0.4, -0.2) is 23.0 Å². The average molecular weight is 230 g/mol. The maximum Gasteiger partial charge on any atom is 0.338 e. The molecule has 5 heteroatoms. The van der Waals surface area contributed by atoms with Gasteiger partial charge in [0, 0.05) is 30.2 Å². The monoisotopic (exact) mass is 230 g/mol. The van der Waals surface area contributed by atoms with Crippen LogP contribution in [0.1, 0.15) is 10.4 Å². The van der Waals surface area contributed by atoms with Crippen molar-refractivity contribution in [3.05, 3.63) is 52.7 Å². The number of rotatable bonds is 2. The second-order valence-electron chi connectivity index (χ2n) is 3.35. The molecular formula is C12H10N2O3. The molecule has 1 N–H and O–H groups in total. The van der Waals surface area contributed by atoms with E-state index in [-0.39, 0.29) is 11.1 Å². The number of carbonyl (C=O) groups excluding carboxylic acids is 1. The molecule has 0 unspecified atom stereocenters. The molecule has 0 aromatic carbocycles. The summed E-state index contributed by atoms with van der Waals surface area (Å²) in [5.41, 5.74) is 1.29. The van der Waals surface area contributed by atoms with Crippen molar-refractivity contribution < 1.29 is 9.53 Å². The van der Waals surface area contributed by atoms with Crippen molar-refractivity contribution >= 4 is 5.97 Å². The zero-order valence-electron chi connectivity index (χ0n) is 9.14. The van der Waals surface area contributed by atoms with Crippen LogP contribution >= 0.6 is 0 Å². The molecule has 0 aliphatic carbocycles. The van der Waals surface area contributed by atoms with Gasteiger partial charge in [-0.25, -0.2) is 4.79 Å². The van der Waals surface area contributed by atoms with E-state index in [9.17, 15) is 9.59 Å². The molecule has 2 rings (SSSR count). The van der Waals surface area contributed by atoms with Gasteiger partial charge in [0.25, 0.3) is 0 Å². The number of ether oxygens (including phenoxy) is 1. The summed E-state index contributed by atoms with van der Waals surface area (Å²) in [4.78, 5) is 29.2. The number of hydrogen-bond donors (Lipinski definition) is 1. The van der Waals surface area contributed by atoms with Gasteiger partial charge >= 0.3 is 5.97 Å². The Labute approximate surface area is 97.1 Å². The molecule has 0 aliphatic heterocycles. The van der Waals surface area contributed by atoms with Crippen molar-refractivity contribution in [3.8, 4) is 11.1 Å². The lowest BCUT2D eigenvalue weighted by atomic mass is 10.0. The van der Waals surface area contributed by atoms with E-state index in [0.717, 1.165) is 5.56 Å². The molecule has 0 radical (unpaired) electrons. The van der Waals surface area contributed by atoms with E-state index >= 15 is 0 Å². The second-order valence-corrected chi connectivity index (χ2v) is 3.35. The van der Waals surface area contributed by atoms with Crippen molar-refractivity contribution in [1.82, 2.24) is 9.97 Å². The molecule has 0 amide bonds. The lowest BCUT2D eigenvalue weighted by Gasteiger charge is -2.06. The number of H-pyrrole nitrogens is 1. The van der Waals surface area contributed by atoms with Crippen LogP contribution in [0.15, 0.2) is 41.6 Å². The smallest absolute Gasteiger partial charge is 0.338 e. The molecule has 2 aromatic heterocycles. The van der Waals surface area contributed by atoms with Gasteiger partial charge in [-0.15, -0.1) is 0 Å². The Balaban J connectivity index is 2.62. The third kappa shape index (κ3) is 2.23. The molecule has 0 atom stereocenters. The third-order valence-corrected chi connectivity index (χ3v) is 2.32. The first-order valence-corrected chi connectivity index (χ1v) is 4.94. The van der Waals surface area contributed by atoms with E-state index in [2.05, 4.69) is 14.7 Å². The fraction of sp³-hybridized carbons (Fsp3) is 0.0833. The Kier molecular flexibility index (Phi) is 3.00. The van der Waals surface area contributed by atoms with Crippen LogP contribution in [0.25, 0.3) is 11.1 Å². The first-order valence-electron chi connectivity index (χ1n) is 4.94. The van der Waals surface area contributed by atoms with Crippen LogP contribution in [0.4, 0.5) is 0 Å². The minimum absolute atomic E-state index is 0.238. The number of carbonyl (C=O) groups is 1. The molecule has 0 saturated carbocycles. The summed E-state index contributed by atoms with van der Waals surface area (Å²) in [6, 6.07) is 4.72. The number of aromatic amines is 1. The van der Waals surface area contributed by atoms with Gasteiger partial charge in [0.05, 0.1) is 12.7 Å². The van der Waals surface area contributed by atoms with E-state index in [0.29, 0.717) is 5.56 Å². The Morgan fingerprint density at radius 2 is 2.06 bits per heavy atom. The van der Waals surface area contributed by atoms with Gasteiger partial charge in [-0.05, 0) is 17.7 Å². The minimum atomic E-state index is -0.539. The molecular weight excluding hydrogens is 220 g/mol. The summed E-state index contributed by atoms with van der Waals surface area (Å²) in [6.45, 7) is 0. The number of methoxy groups -OCH3 is 1. The number of esters is 1. The van der Waals surface area contributed by atoms with E-state index in [1.807, 2.05) is 0 Å². The van der Waals surface area contributed by atoms with Crippen LogP contribution in [-0.2, 0) is 4.74 Å². The van der Waals surface area contributed by atoms with Crippen LogP contribution in [0.5, 0.6) is 0 Å². The molecule has 5 nitrogen and oxygen atoms in total. The Morgan fingerprint density at radius 3 is 2.71 bits per heavy atom. The number of nitrogens with zero attached hydrogens (tertiary/aromatic N) is 1. The van der Waals surface area contributed by atoms with Gasteiger partial charge in [-0.1, -0.05) is 0 Å². The van der Waals surface area contributed by atoms with Gasteiger partial charge < -0.3 is 9.72 Å². The Hall–Kier alpha value is -2.43. The van der Waals surface area contributed by atoms with Gasteiger partial charge in [-0.3, -0.25) is 9.78 Å². The van der Waals surface area contributed by atoms with Crippen LogP contribution in [0.3, 0.4) is 0 Å². The zero-order valence-corrected chi connectivity index (χ0v) is 9.14. The molecule has 17 heavy (non-hydrogen) atoms. The van der Waals surface area contributed by atoms with E-state index < -0.39 is 5.97 Å². The molecule has 0 fully saturated rings. The van der Waals surface area contributed by atoms with Crippen molar-refractivity contribution in [2.75, 3.05) is 7.11 Å². The number of hydrogen-bond acceptors (Lipinski definition) is 4. The van der Waals surface area contributed by atoms with Crippen LogP contribution < -0.4 is 5.56 Å². The zero-order chi connectivity index (χ0) is 12.3. The predicted molar refractivity (Wildman–Crippen MR) is 61.6 cm³/mol. The number of aromatic nitrogens is 2. The molecule has 86 valence electrons. The first-order chi connectivity index (χ1) is 8.22. The highest BCUT2D eigenvalue weighted by molar-refractivity contribution is 5.96. The van der Waals surface area contributed by atoms with E-state index in [1.165, 1.54) is 19.4 Å². The van der Waals surface area contributed by atoms with Gasteiger partial charge in [-0.2, -0.15) is 0 Å². The van der Waals surface area contributed by atoms with Crippen molar-refractivity contribution in [3.63, 3.8) is 0 Å². The van der Waals surface area contributed by atoms with Gasteiger partial charge in [0.15, 0.2) is 0 Å². The normalized spacial score (nSPS) is 9.94. The summed E-state index contributed by atoms with van der Waals surface area (Å²) in [5, 5.41) is 0. The van der Waals surface area contributed by atoms with E-state index in [4.69, 9.17) is 0 Å². The first kappa shape index (κ1) is 11.1. The topological polar surface area (TPSA) is 72.1 Å². The predicted octanol–water partition coefficient (Wildman–Crippen LogP) is 1.22. The molecule has 0 bridgehead atoms. The largest absolute Gasteiger partial charge is 0.465 e. The van der Waals surface area contributed by atoms with Crippen molar-refractivity contribution in [1.29, 1.82) is 0 Å². The Morgan fingerprint density at radius 1 is 1.35 bits per heavy atom. The summed E-state index contributed by atoms with van der Waals surface area (Å²) in [5.74, 6) is -0.539. The second kappa shape index (κ2) is 4.61. The molecule has 0 saturated heterocycles. The van der Waals surface area contributed by atoms with Crippen LogP contribution in [0, 0.1) is 0 Å². The van der Waals surface area contributed by atoms with Gasteiger partial charge in [0.1, 0.15) is 0 Å². The SMILES string of the molecule is COC(=O)c1cc(=O)[nH]cc1-c1ccncc1. The maximum atomic E-state index is 11.6. The summed E-state index contributed by atoms with van der Waals surface area (Å²) in [6.07, 6.45) is 4.72. The lowest BCUT2D eigenvalue weighted by Crippen LogP contribution is -2.12. The van der Waals surface area contributed by atoms with Gasteiger partial charge in [0.2, 0.25) is 5.56 Å². The third-order valence-electron chi connectivity index (χ3n) is 2.32. The molecule has 2 heterocycles. The van der Waals surface area contributed by atoms with Crippen molar-refractivity contribution in [2.45, 2.75) is 0 Å². The number of pyridine rings is 2. The van der Waals surface area contributed by atoms with Crippen molar-refractivity contribution in [2.24, 2.45) is 0 Å². The summed E-state index contributed by atoms with van der Waals surface area (Å²) < 4.78 is 4.65. The highest BCUT2D eigenvalue weighted by atomic mass is 16.5. The maximum absolute atomic E-state index is 11.6. The van der Waals surface area contributed by atoms with Crippen LogP contribution in [0.2, 0.25) is 0 Å². The van der Waals surface area contributed by atoms with E-state index in [1.54, 1.807) is 24.5 Å². The fourth-order valence-electron chi connectivity index (χ4n) is 1.52. The Bertz CT molecular complexity index is 590. The highest BCUT2D eigenvalue weighted by Crippen LogP contribution is 2.21. The molecule has 0 aliphatic rings. The molecule has 2 aromatic rings. The summed E-state index contributed by atoms with van der Waals surface area (Å²) in [7, 11) is 1.28. The summed E-state index contributed by atoms with van der Waals surface area (Å²) >= 11 is 0. The fourth-order valence-corrected chi connectivity index (χ4v) is 1.52. The number of nitrogens with one attached hydrogen (secondary N) is 1. The quantitative estimate of drug-likeness (QED) is 0.787. The minimum Gasteiger partial charge on any atom is -0.465 e. The molecule has 0 spiro atoms. The standard InChI is InChI=1S/C12H10N2O3/c1-17-12(16)9-6-11(15)14-7-10(9)8-2-4-13-5-3-8/h2-7H,1H3,(H,14,15). The highest BCUT2D eigenvalue weighted by Gasteiger charge is 2.13. The lowest BCUT2D eigenvalue weighted by molar-refractivity contribution is 0.0601.